The van der Waals surface area contributed by atoms with Crippen LogP contribution in [-0.2, 0) is 10.0 Å². The van der Waals surface area contributed by atoms with Crippen molar-refractivity contribution in [1.82, 2.24) is 14.1 Å². The van der Waals surface area contributed by atoms with Crippen molar-refractivity contribution in [3.8, 4) is 0 Å². The van der Waals surface area contributed by atoms with E-state index in [9.17, 15) is 13.2 Å². The zero-order valence-electron chi connectivity index (χ0n) is 17.9. The van der Waals surface area contributed by atoms with Crippen LogP contribution in [0.25, 0.3) is 0 Å². The summed E-state index contributed by atoms with van der Waals surface area (Å²) in [7, 11) is 0.410. The third-order valence-corrected chi connectivity index (χ3v) is 7.64. The highest BCUT2D eigenvalue weighted by atomic mass is 32.2. The lowest BCUT2D eigenvalue weighted by Crippen LogP contribution is -2.43. The second-order valence-corrected chi connectivity index (χ2v) is 9.74. The molecule has 1 aliphatic rings. The average molecular weight is 410 g/mol. The Kier molecular flexibility index (Phi) is 8.04. The van der Waals surface area contributed by atoms with Crippen molar-refractivity contribution in [3.05, 3.63) is 29.3 Å². The molecule has 0 atom stereocenters. The van der Waals surface area contributed by atoms with Crippen LogP contribution in [0.3, 0.4) is 0 Å². The van der Waals surface area contributed by atoms with Crippen LogP contribution in [0.4, 0.5) is 0 Å². The van der Waals surface area contributed by atoms with Gasteiger partial charge in [-0.25, -0.2) is 8.42 Å². The van der Waals surface area contributed by atoms with Crippen molar-refractivity contribution < 1.29 is 13.2 Å². The maximum atomic E-state index is 13.5. The first-order valence-corrected chi connectivity index (χ1v) is 11.7. The average Bonchev–Trinajstić information content (AvgIpc) is 3.16. The van der Waals surface area contributed by atoms with Crippen molar-refractivity contribution >= 4 is 15.9 Å². The lowest BCUT2D eigenvalue weighted by atomic mass is 10.1. The van der Waals surface area contributed by atoms with Crippen LogP contribution in [0.2, 0.25) is 0 Å². The first-order chi connectivity index (χ1) is 13.2. The fourth-order valence-corrected chi connectivity index (χ4v) is 5.32. The molecule has 1 aromatic rings. The van der Waals surface area contributed by atoms with E-state index in [1.807, 2.05) is 39.8 Å². The SMILES string of the molecule is CCN(CC)S(=O)(=O)c1ccc(C)c(C(=O)N(CCN(C)C)C2CCCC2)c1. The van der Waals surface area contributed by atoms with Gasteiger partial charge in [-0.1, -0.05) is 32.8 Å². The first kappa shape index (κ1) is 22.8. The summed E-state index contributed by atoms with van der Waals surface area (Å²) in [5, 5.41) is 0. The molecule has 0 saturated heterocycles. The summed E-state index contributed by atoms with van der Waals surface area (Å²) in [6.45, 7) is 7.79. The predicted octanol–water partition coefficient (Wildman–Crippen LogP) is 2.97. The normalized spacial score (nSPS) is 15.5. The zero-order valence-corrected chi connectivity index (χ0v) is 18.8. The Morgan fingerprint density at radius 1 is 1.07 bits per heavy atom. The maximum absolute atomic E-state index is 13.5. The molecule has 0 N–H and O–H groups in total. The van der Waals surface area contributed by atoms with Gasteiger partial charge < -0.3 is 9.80 Å². The summed E-state index contributed by atoms with van der Waals surface area (Å²) in [5.41, 5.74) is 1.32. The highest BCUT2D eigenvalue weighted by Gasteiger charge is 2.29. The number of hydrogen-bond donors (Lipinski definition) is 0. The van der Waals surface area contributed by atoms with Crippen LogP contribution in [0.15, 0.2) is 23.1 Å². The van der Waals surface area contributed by atoms with E-state index < -0.39 is 10.0 Å². The minimum absolute atomic E-state index is 0.0529. The first-order valence-electron chi connectivity index (χ1n) is 10.3. The number of carbonyl (C=O) groups excluding carboxylic acids is 1. The number of likely N-dealkylation sites (N-methyl/N-ethyl adjacent to an activating group) is 1. The summed E-state index contributed by atoms with van der Waals surface area (Å²) in [6, 6.07) is 5.18. The van der Waals surface area contributed by atoms with Crippen LogP contribution in [0.1, 0.15) is 55.5 Å². The molecular weight excluding hydrogens is 374 g/mol. The Hall–Kier alpha value is -1.44. The van der Waals surface area contributed by atoms with Crippen molar-refractivity contribution in [3.63, 3.8) is 0 Å². The van der Waals surface area contributed by atoms with Crippen molar-refractivity contribution in [2.24, 2.45) is 0 Å². The third kappa shape index (κ3) is 5.13. The molecule has 0 unspecified atom stereocenters. The number of aryl methyl sites for hydroxylation is 1. The highest BCUT2D eigenvalue weighted by molar-refractivity contribution is 7.89. The van der Waals surface area contributed by atoms with E-state index in [-0.39, 0.29) is 16.8 Å². The van der Waals surface area contributed by atoms with Gasteiger partial charge >= 0.3 is 0 Å². The van der Waals surface area contributed by atoms with E-state index in [1.54, 1.807) is 18.2 Å². The maximum Gasteiger partial charge on any atom is 0.254 e. The topological polar surface area (TPSA) is 60.9 Å². The Morgan fingerprint density at radius 2 is 1.68 bits per heavy atom. The number of nitrogens with zero attached hydrogens (tertiary/aromatic N) is 3. The van der Waals surface area contributed by atoms with Crippen LogP contribution in [0.5, 0.6) is 0 Å². The molecular formula is C21H35N3O3S. The van der Waals surface area contributed by atoms with E-state index >= 15 is 0 Å². The van der Waals surface area contributed by atoms with Gasteiger partial charge in [0.2, 0.25) is 10.0 Å². The van der Waals surface area contributed by atoms with E-state index in [2.05, 4.69) is 4.90 Å². The molecule has 1 aromatic carbocycles. The summed E-state index contributed by atoms with van der Waals surface area (Å²) < 4.78 is 27.3. The number of carbonyl (C=O) groups is 1. The van der Waals surface area contributed by atoms with E-state index in [0.29, 0.717) is 25.2 Å². The Labute approximate surface area is 170 Å². The van der Waals surface area contributed by atoms with Gasteiger partial charge in [-0.15, -0.1) is 0 Å². The van der Waals surface area contributed by atoms with Gasteiger partial charge in [0.05, 0.1) is 4.90 Å². The molecule has 1 aliphatic carbocycles. The minimum Gasteiger partial charge on any atom is -0.334 e. The molecule has 0 aromatic heterocycles. The third-order valence-electron chi connectivity index (χ3n) is 5.60. The molecule has 7 heteroatoms. The molecule has 1 saturated carbocycles. The van der Waals surface area contributed by atoms with Crippen LogP contribution < -0.4 is 0 Å². The van der Waals surface area contributed by atoms with Gasteiger partial charge in [0.1, 0.15) is 0 Å². The summed E-state index contributed by atoms with van der Waals surface area (Å²) in [6.07, 6.45) is 4.34. The van der Waals surface area contributed by atoms with Gasteiger partial charge in [-0.05, 0) is 51.6 Å². The summed E-state index contributed by atoms with van der Waals surface area (Å²) >= 11 is 0. The molecule has 2 rings (SSSR count). The van der Waals surface area contributed by atoms with Crippen molar-refractivity contribution in [2.75, 3.05) is 40.3 Å². The zero-order chi connectivity index (χ0) is 20.9. The Balaban J connectivity index is 2.39. The molecule has 158 valence electrons. The largest absolute Gasteiger partial charge is 0.334 e. The molecule has 0 heterocycles. The second kappa shape index (κ2) is 9.85. The van der Waals surface area contributed by atoms with E-state index in [0.717, 1.165) is 37.8 Å². The fourth-order valence-electron chi connectivity index (χ4n) is 3.83. The van der Waals surface area contributed by atoms with Gasteiger partial charge in [0.15, 0.2) is 0 Å². The molecule has 0 radical (unpaired) electrons. The monoisotopic (exact) mass is 409 g/mol. The minimum atomic E-state index is -3.59. The smallest absolute Gasteiger partial charge is 0.254 e. The quantitative estimate of drug-likeness (QED) is 0.629. The molecule has 1 fully saturated rings. The van der Waals surface area contributed by atoms with Crippen LogP contribution in [0, 0.1) is 6.92 Å². The Bertz CT molecular complexity index is 767. The molecule has 1 amide bonds. The standard InChI is InChI=1S/C21H35N3O3S/c1-6-23(7-2)28(26,27)19-13-12-17(3)20(16-19)21(25)24(15-14-22(4)5)18-10-8-9-11-18/h12-13,16,18H,6-11,14-15H2,1-5H3. The van der Waals surface area contributed by atoms with Crippen molar-refractivity contribution in [1.29, 1.82) is 0 Å². The summed E-state index contributed by atoms with van der Waals surface area (Å²) in [4.78, 5) is 17.7. The second-order valence-electron chi connectivity index (χ2n) is 7.81. The number of hydrogen-bond acceptors (Lipinski definition) is 4. The van der Waals surface area contributed by atoms with Gasteiger partial charge in [0.25, 0.3) is 5.91 Å². The number of amides is 1. The van der Waals surface area contributed by atoms with Crippen LogP contribution in [-0.4, -0.2) is 74.7 Å². The van der Waals surface area contributed by atoms with E-state index in [1.165, 1.54) is 4.31 Å². The van der Waals surface area contributed by atoms with E-state index in [4.69, 9.17) is 0 Å². The number of sulfonamides is 1. The highest BCUT2D eigenvalue weighted by Crippen LogP contribution is 2.27. The predicted molar refractivity (Wildman–Crippen MR) is 113 cm³/mol. The Morgan fingerprint density at radius 3 is 2.21 bits per heavy atom. The summed E-state index contributed by atoms with van der Waals surface area (Å²) in [5.74, 6) is -0.0529. The molecule has 0 spiro atoms. The van der Waals surface area contributed by atoms with Gasteiger partial charge in [-0.2, -0.15) is 4.31 Å². The number of rotatable bonds is 9. The molecule has 6 nitrogen and oxygen atoms in total. The number of benzene rings is 1. The fraction of sp³-hybridized carbons (Fsp3) is 0.667. The van der Waals surface area contributed by atoms with Crippen molar-refractivity contribution in [2.45, 2.75) is 57.4 Å². The van der Waals surface area contributed by atoms with Gasteiger partial charge in [-0.3, -0.25) is 4.79 Å². The molecule has 0 aliphatic heterocycles. The van der Waals surface area contributed by atoms with Gasteiger partial charge in [0, 0.05) is 37.8 Å². The molecule has 28 heavy (non-hydrogen) atoms. The lowest BCUT2D eigenvalue weighted by Gasteiger charge is -2.31. The molecule has 0 bridgehead atoms. The van der Waals surface area contributed by atoms with Crippen LogP contribution >= 0.6 is 0 Å². The lowest BCUT2D eigenvalue weighted by molar-refractivity contribution is 0.0666.